The van der Waals surface area contributed by atoms with E-state index in [2.05, 4.69) is 10.3 Å². The Bertz CT molecular complexity index is 641. The maximum absolute atomic E-state index is 12.3. The highest BCUT2D eigenvalue weighted by Crippen LogP contribution is 2.18. The van der Waals surface area contributed by atoms with Crippen molar-refractivity contribution in [1.82, 2.24) is 10.3 Å². The van der Waals surface area contributed by atoms with Crippen molar-refractivity contribution in [2.24, 2.45) is 0 Å². The van der Waals surface area contributed by atoms with Crippen LogP contribution in [0, 0.1) is 0 Å². The minimum absolute atomic E-state index is 0.146. The summed E-state index contributed by atoms with van der Waals surface area (Å²) in [5.41, 5.74) is 1.55. The number of para-hydroxylation sites is 1. The van der Waals surface area contributed by atoms with Crippen molar-refractivity contribution < 1.29 is 9.53 Å². The van der Waals surface area contributed by atoms with Gasteiger partial charge in [0.25, 0.3) is 5.91 Å². The third-order valence-electron chi connectivity index (χ3n) is 3.15. The van der Waals surface area contributed by atoms with Gasteiger partial charge in [-0.15, -0.1) is 0 Å². The third kappa shape index (κ3) is 3.97. The SMILES string of the molecule is CCOc1ccccc1C(=O)NCc1ccnc(N(C)C)c1. The van der Waals surface area contributed by atoms with Crippen LogP contribution in [-0.2, 0) is 6.54 Å². The molecule has 1 aromatic carbocycles. The van der Waals surface area contributed by atoms with E-state index in [9.17, 15) is 4.79 Å². The maximum Gasteiger partial charge on any atom is 0.255 e. The van der Waals surface area contributed by atoms with Crippen molar-refractivity contribution in [2.75, 3.05) is 25.6 Å². The van der Waals surface area contributed by atoms with Crippen LogP contribution in [0.2, 0.25) is 0 Å². The number of carbonyl (C=O) groups is 1. The average Bonchev–Trinajstić information content (AvgIpc) is 2.53. The zero-order chi connectivity index (χ0) is 15.9. The number of hydrogen-bond donors (Lipinski definition) is 1. The van der Waals surface area contributed by atoms with Crippen molar-refractivity contribution in [3.8, 4) is 5.75 Å². The lowest BCUT2D eigenvalue weighted by molar-refractivity contribution is 0.0947. The summed E-state index contributed by atoms with van der Waals surface area (Å²) in [6.45, 7) is 2.87. The molecule has 0 saturated heterocycles. The average molecular weight is 299 g/mol. The number of amides is 1. The van der Waals surface area contributed by atoms with Crippen molar-refractivity contribution in [3.63, 3.8) is 0 Å². The molecule has 5 nitrogen and oxygen atoms in total. The molecule has 116 valence electrons. The first-order valence-electron chi connectivity index (χ1n) is 7.24. The van der Waals surface area contributed by atoms with E-state index in [1.165, 1.54) is 0 Å². The van der Waals surface area contributed by atoms with E-state index in [4.69, 9.17) is 4.74 Å². The molecule has 1 amide bonds. The minimum atomic E-state index is -0.146. The van der Waals surface area contributed by atoms with E-state index in [1.54, 1.807) is 18.3 Å². The zero-order valence-corrected chi connectivity index (χ0v) is 13.2. The van der Waals surface area contributed by atoms with Crippen LogP contribution in [0.4, 0.5) is 5.82 Å². The molecule has 1 heterocycles. The van der Waals surface area contributed by atoms with Crippen LogP contribution in [-0.4, -0.2) is 31.6 Å². The van der Waals surface area contributed by atoms with Crippen molar-refractivity contribution in [3.05, 3.63) is 53.7 Å². The summed E-state index contributed by atoms with van der Waals surface area (Å²) in [7, 11) is 3.87. The highest BCUT2D eigenvalue weighted by molar-refractivity contribution is 5.96. The number of anilines is 1. The molecule has 1 aromatic heterocycles. The summed E-state index contributed by atoms with van der Waals surface area (Å²) in [5.74, 6) is 1.32. The van der Waals surface area contributed by atoms with Gasteiger partial charge in [-0.1, -0.05) is 12.1 Å². The quantitative estimate of drug-likeness (QED) is 0.890. The lowest BCUT2D eigenvalue weighted by Gasteiger charge is -2.13. The van der Waals surface area contributed by atoms with Gasteiger partial charge in [-0.05, 0) is 36.8 Å². The third-order valence-corrected chi connectivity index (χ3v) is 3.15. The van der Waals surface area contributed by atoms with Gasteiger partial charge in [0.2, 0.25) is 0 Å². The fourth-order valence-electron chi connectivity index (χ4n) is 2.03. The molecule has 2 rings (SSSR count). The Balaban J connectivity index is 2.05. The second-order valence-corrected chi connectivity index (χ2v) is 5.03. The molecule has 0 fully saturated rings. The molecule has 1 N–H and O–H groups in total. The Hall–Kier alpha value is -2.56. The molecule has 2 aromatic rings. The highest BCUT2D eigenvalue weighted by atomic mass is 16.5. The van der Waals surface area contributed by atoms with Crippen LogP contribution in [0.3, 0.4) is 0 Å². The van der Waals surface area contributed by atoms with E-state index in [-0.39, 0.29) is 5.91 Å². The normalized spacial score (nSPS) is 10.1. The lowest BCUT2D eigenvalue weighted by Crippen LogP contribution is -2.23. The molecule has 0 atom stereocenters. The van der Waals surface area contributed by atoms with Gasteiger partial charge in [-0.2, -0.15) is 0 Å². The maximum atomic E-state index is 12.3. The van der Waals surface area contributed by atoms with Crippen molar-refractivity contribution in [1.29, 1.82) is 0 Å². The number of pyridine rings is 1. The van der Waals surface area contributed by atoms with Crippen molar-refractivity contribution >= 4 is 11.7 Å². The van der Waals surface area contributed by atoms with Gasteiger partial charge in [0.1, 0.15) is 11.6 Å². The van der Waals surface area contributed by atoms with Gasteiger partial charge in [-0.3, -0.25) is 4.79 Å². The Morgan fingerprint density at radius 2 is 2.05 bits per heavy atom. The molecular weight excluding hydrogens is 278 g/mol. The Morgan fingerprint density at radius 1 is 1.27 bits per heavy atom. The Kier molecular flexibility index (Phi) is 5.36. The molecule has 0 aliphatic carbocycles. The first-order chi connectivity index (χ1) is 10.6. The lowest BCUT2D eigenvalue weighted by atomic mass is 10.1. The van der Waals surface area contributed by atoms with E-state index in [0.717, 1.165) is 11.4 Å². The van der Waals surface area contributed by atoms with E-state index >= 15 is 0 Å². The second-order valence-electron chi connectivity index (χ2n) is 5.03. The largest absolute Gasteiger partial charge is 0.493 e. The number of benzene rings is 1. The smallest absolute Gasteiger partial charge is 0.255 e. The minimum Gasteiger partial charge on any atom is -0.493 e. The number of hydrogen-bond acceptors (Lipinski definition) is 4. The summed E-state index contributed by atoms with van der Waals surface area (Å²) < 4.78 is 5.48. The van der Waals surface area contributed by atoms with Crippen LogP contribution < -0.4 is 15.0 Å². The van der Waals surface area contributed by atoms with Gasteiger partial charge in [0.15, 0.2) is 0 Å². The van der Waals surface area contributed by atoms with E-state index in [0.29, 0.717) is 24.5 Å². The number of rotatable bonds is 6. The molecule has 0 aliphatic rings. The van der Waals surface area contributed by atoms with Crippen molar-refractivity contribution in [2.45, 2.75) is 13.5 Å². The van der Waals surface area contributed by atoms with Gasteiger partial charge in [0, 0.05) is 26.8 Å². The summed E-state index contributed by atoms with van der Waals surface area (Å²) in [6.07, 6.45) is 1.74. The van der Waals surface area contributed by atoms with Gasteiger partial charge in [-0.25, -0.2) is 4.98 Å². The van der Waals surface area contributed by atoms with Crippen LogP contribution in [0.1, 0.15) is 22.8 Å². The second kappa shape index (κ2) is 7.45. The molecule has 5 heteroatoms. The fourth-order valence-corrected chi connectivity index (χ4v) is 2.03. The molecule has 0 unspecified atom stereocenters. The molecule has 0 spiro atoms. The predicted octanol–water partition coefficient (Wildman–Crippen LogP) is 2.48. The van der Waals surface area contributed by atoms with Gasteiger partial charge in [0.05, 0.1) is 12.2 Å². The molecule has 22 heavy (non-hydrogen) atoms. The number of ether oxygens (including phenoxy) is 1. The van der Waals surface area contributed by atoms with E-state index in [1.807, 2.05) is 50.2 Å². The Labute approximate surface area is 130 Å². The predicted molar refractivity (Wildman–Crippen MR) is 87.3 cm³/mol. The number of nitrogens with one attached hydrogen (secondary N) is 1. The molecule has 0 radical (unpaired) electrons. The monoisotopic (exact) mass is 299 g/mol. The number of aromatic nitrogens is 1. The van der Waals surface area contributed by atoms with Crippen LogP contribution >= 0.6 is 0 Å². The fraction of sp³-hybridized carbons (Fsp3) is 0.294. The highest BCUT2D eigenvalue weighted by Gasteiger charge is 2.11. The summed E-state index contributed by atoms with van der Waals surface area (Å²) in [4.78, 5) is 18.5. The number of nitrogens with zero attached hydrogens (tertiary/aromatic N) is 2. The molecular formula is C17H21N3O2. The van der Waals surface area contributed by atoms with E-state index < -0.39 is 0 Å². The Morgan fingerprint density at radius 3 is 2.77 bits per heavy atom. The van der Waals surface area contributed by atoms with Crippen LogP contribution in [0.15, 0.2) is 42.6 Å². The molecule has 0 saturated carbocycles. The topological polar surface area (TPSA) is 54.5 Å². The molecule has 0 bridgehead atoms. The first-order valence-corrected chi connectivity index (χ1v) is 7.24. The summed E-state index contributed by atoms with van der Waals surface area (Å²) in [5, 5.41) is 2.91. The summed E-state index contributed by atoms with van der Waals surface area (Å²) in [6, 6.07) is 11.1. The van der Waals surface area contributed by atoms with Gasteiger partial charge < -0.3 is 15.0 Å². The standard InChI is InChI=1S/C17H21N3O2/c1-4-22-15-8-6-5-7-14(15)17(21)19-12-13-9-10-18-16(11-13)20(2)3/h5-11H,4,12H2,1-3H3,(H,19,21). The molecule has 0 aliphatic heterocycles. The number of carbonyl (C=O) groups excluding carboxylic acids is 1. The van der Waals surface area contributed by atoms with Gasteiger partial charge >= 0.3 is 0 Å². The van der Waals surface area contributed by atoms with Crippen LogP contribution in [0.25, 0.3) is 0 Å². The first kappa shape index (κ1) is 15.8. The zero-order valence-electron chi connectivity index (χ0n) is 13.2. The van der Waals surface area contributed by atoms with Crippen LogP contribution in [0.5, 0.6) is 5.75 Å². The summed E-state index contributed by atoms with van der Waals surface area (Å²) >= 11 is 0.